The zero-order chi connectivity index (χ0) is 23.5. The van der Waals surface area contributed by atoms with Gasteiger partial charge in [-0.2, -0.15) is 0 Å². The van der Waals surface area contributed by atoms with Crippen LogP contribution in [0.3, 0.4) is 0 Å². The quantitative estimate of drug-likeness (QED) is 0.396. The monoisotopic (exact) mass is 500 g/mol. The van der Waals surface area contributed by atoms with Crippen LogP contribution in [-0.4, -0.2) is 41.2 Å². The number of halogens is 2. The van der Waals surface area contributed by atoms with E-state index in [-0.39, 0.29) is 30.3 Å². The third-order valence-electron chi connectivity index (χ3n) is 5.76. The number of carbonyl (C=O) groups is 2. The van der Waals surface area contributed by atoms with Crippen molar-refractivity contribution in [3.05, 3.63) is 91.6 Å². The van der Waals surface area contributed by atoms with E-state index in [1.54, 1.807) is 40.5 Å². The van der Waals surface area contributed by atoms with Gasteiger partial charge in [-0.05, 0) is 71.3 Å². The molecule has 0 bridgehead atoms. The SMILES string of the molecule is CC(C)CN(CC(=O)N1CCc2sccc2C1c1ccc(Cl)cc1)C(=O)c1ccc(Cl)cc1. The summed E-state index contributed by atoms with van der Waals surface area (Å²) in [5.74, 6) is 0.00528. The molecule has 0 saturated carbocycles. The van der Waals surface area contributed by atoms with E-state index in [9.17, 15) is 9.59 Å². The van der Waals surface area contributed by atoms with Gasteiger partial charge in [0.2, 0.25) is 5.91 Å². The molecule has 2 amide bonds. The lowest BCUT2D eigenvalue weighted by atomic mass is 9.93. The Morgan fingerprint density at radius 1 is 1.03 bits per heavy atom. The minimum Gasteiger partial charge on any atom is -0.330 e. The van der Waals surface area contributed by atoms with Crippen molar-refractivity contribution in [3.63, 3.8) is 0 Å². The van der Waals surface area contributed by atoms with Crippen LogP contribution in [-0.2, 0) is 11.2 Å². The minimum atomic E-state index is -0.184. The molecule has 2 heterocycles. The van der Waals surface area contributed by atoms with Gasteiger partial charge in [0, 0.05) is 33.6 Å². The maximum absolute atomic E-state index is 13.7. The Balaban J connectivity index is 1.61. The van der Waals surface area contributed by atoms with Gasteiger partial charge in [-0.3, -0.25) is 9.59 Å². The van der Waals surface area contributed by atoms with Crippen LogP contribution in [0.25, 0.3) is 0 Å². The number of fused-ring (bicyclic) bond motifs is 1. The van der Waals surface area contributed by atoms with Crippen LogP contribution in [0.15, 0.2) is 60.0 Å². The van der Waals surface area contributed by atoms with Gasteiger partial charge in [0.15, 0.2) is 0 Å². The topological polar surface area (TPSA) is 40.6 Å². The lowest BCUT2D eigenvalue weighted by Crippen LogP contribution is -2.47. The number of benzene rings is 2. The Kier molecular flexibility index (Phi) is 7.42. The first kappa shape index (κ1) is 23.8. The summed E-state index contributed by atoms with van der Waals surface area (Å²) in [5, 5.41) is 3.31. The van der Waals surface area contributed by atoms with Crippen LogP contribution in [0, 0.1) is 5.92 Å². The Morgan fingerprint density at radius 2 is 1.67 bits per heavy atom. The van der Waals surface area contributed by atoms with Crippen LogP contribution in [0.4, 0.5) is 0 Å². The molecule has 7 heteroatoms. The number of thiophene rings is 1. The number of rotatable bonds is 6. The molecular formula is C26H26Cl2N2O2S. The third-order valence-corrected chi connectivity index (χ3v) is 7.26. The van der Waals surface area contributed by atoms with E-state index in [1.807, 2.05) is 43.0 Å². The normalized spacial score (nSPS) is 15.4. The summed E-state index contributed by atoms with van der Waals surface area (Å²) in [5.41, 5.74) is 2.70. The van der Waals surface area contributed by atoms with Crippen LogP contribution in [0.1, 0.15) is 46.3 Å². The lowest BCUT2D eigenvalue weighted by Gasteiger charge is -2.38. The second kappa shape index (κ2) is 10.3. The molecule has 1 aromatic heterocycles. The number of carbonyl (C=O) groups excluding carboxylic acids is 2. The maximum Gasteiger partial charge on any atom is 0.254 e. The highest BCUT2D eigenvalue weighted by Gasteiger charge is 2.34. The van der Waals surface area contributed by atoms with E-state index in [0.29, 0.717) is 28.7 Å². The number of amides is 2. The average Bonchev–Trinajstić information content (AvgIpc) is 3.27. The molecule has 0 N–H and O–H groups in total. The lowest BCUT2D eigenvalue weighted by molar-refractivity contribution is -0.134. The highest BCUT2D eigenvalue weighted by Crippen LogP contribution is 2.38. The highest BCUT2D eigenvalue weighted by atomic mass is 35.5. The first-order chi connectivity index (χ1) is 15.8. The van der Waals surface area contributed by atoms with E-state index in [0.717, 1.165) is 17.5 Å². The van der Waals surface area contributed by atoms with E-state index in [1.165, 1.54) is 4.88 Å². The Hall–Kier alpha value is -2.34. The first-order valence-electron chi connectivity index (χ1n) is 11.0. The number of nitrogens with zero attached hydrogens (tertiary/aromatic N) is 2. The van der Waals surface area contributed by atoms with Crippen molar-refractivity contribution in [1.82, 2.24) is 9.80 Å². The molecule has 0 spiro atoms. The van der Waals surface area contributed by atoms with Crippen molar-refractivity contribution in [1.29, 1.82) is 0 Å². The highest BCUT2D eigenvalue weighted by molar-refractivity contribution is 7.10. The van der Waals surface area contributed by atoms with E-state index in [2.05, 4.69) is 11.4 Å². The average molecular weight is 501 g/mol. The van der Waals surface area contributed by atoms with E-state index >= 15 is 0 Å². The molecule has 172 valence electrons. The molecule has 4 nitrogen and oxygen atoms in total. The van der Waals surface area contributed by atoms with E-state index < -0.39 is 0 Å². The van der Waals surface area contributed by atoms with Crippen LogP contribution in [0.5, 0.6) is 0 Å². The summed E-state index contributed by atoms with van der Waals surface area (Å²) in [6.45, 7) is 5.23. The number of hydrogen-bond acceptors (Lipinski definition) is 3. The van der Waals surface area contributed by atoms with Gasteiger partial charge in [0.1, 0.15) is 6.54 Å². The molecule has 3 aromatic rings. The van der Waals surface area contributed by atoms with Gasteiger partial charge >= 0.3 is 0 Å². The summed E-state index contributed by atoms with van der Waals surface area (Å²) < 4.78 is 0. The molecule has 1 aliphatic rings. The third kappa shape index (κ3) is 5.43. The second-order valence-corrected chi connectivity index (χ2v) is 10.6. The van der Waals surface area contributed by atoms with Crippen molar-refractivity contribution < 1.29 is 9.59 Å². The molecule has 0 radical (unpaired) electrons. The smallest absolute Gasteiger partial charge is 0.254 e. The summed E-state index contributed by atoms with van der Waals surface area (Å²) >= 11 is 13.8. The van der Waals surface area contributed by atoms with Gasteiger partial charge in [-0.25, -0.2) is 0 Å². The molecule has 1 unspecified atom stereocenters. The van der Waals surface area contributed by atoms with Crippen molar-refractivity contribution in [2.75, 3.05) is 19.6 Å². The molecule has 0 aliphatic carbocycles. The molecule has 0 saturated heterocycles. The van der Waals surface area contributed by atoms with Gasteiger partial charge in [0.25, 0.3) is 5.91 Å². The fourth-order valence-electron chi connectivity index (χ4n) is 4.28. The van der Waals surface area contributed by atoms with Gasteiger partial charge in [-0.15, -0.1) is 11.3 Å². The van der Waals surface area contributed by atoms with Gasteiger partial charge in [0.05, 0.1) is 6.04 Å². The van der Waals surface area contributed by atoms with Crippen molar-refractivity contribution in [2.24, 2.45) is 5.92 Å². The molecule has 4 rings (SSSR count). The summed E-state index contributed by atoms with van der Waals surface area (Å²) in [4.78, 5) is 31.8. The maximum atomic E-state index is 13.7. The molecular weight excluding hydrogens is 475 g/mol. The molecule has 33 heavy (non-hydrogen) atoms. The molecule has 2 aromatic carbocycles. The minimum absolute atomic E-state index is 0.0310. The first-order valence-corrected chi connectivity index (χ1v) is 12.6. The Bertz CT molecular complexity index is 1130. The van der Waals surface area contributed by atoms with Crippen LogP contribution >= 0.6 is 34.5 Å². The van der Waals surface area contributed by atoms with E-state index in [4.69, 9.17) is 23.2 Å². The Labute approximate surface area is 208 Å². The summed E-state index contributed by atoms with van der Waals surface area (Å²) in [6.07, 6.45) is 0.818. The zero-order valence-electron chi connectivity index (χ0n) is 18.6. The standard InChI is InChI=1S/C26H26Cl2N2O2S/c1-17(2)15-29(26(32)19-5-9-21(28)10-6-19)16-24(31)30-13-11-23-22(12-14-33-23)25(30)18-3-7-20(27)8-4-18/h3-10,12,14,17,25H,11,13,15-16H2,1-2H3. The van der Waals surface area contributed by atoms with Gasteiger partial charge < -0.3 is 9.80 Å². The molecule has 1 atom stereocenters. The fraction of sp³-hybridized carbons (Fsp3) is 0.308. The van der Waals surface area contributed by atoms with Crippen LogP contribution < -0.4 is 0 Å². The van der Waals surface area contributed by atoms with Crippen molar-refractivity contribution in [2.45, 2.75) is 26.3 Å². The van der Waals surface area contributed by atoms with Gasteiger partial charge in [-0.1, -0.05) is 49.2 Å². The van der Waals surface area contributed by atoms with Crippen molar-refractivity contribution >= 4 is 46.4 Å². The second-order valence-electron chi connectivity index (χ2n) is 8.68. The zero-order valence-corrected chi connectivity index (χ0v) is 21.0. The Morgan fingerprint density at radius 3 is 2.30 bits per heavy atom. The predicted octanol–water partition coefficient (Wildman–Crippen LogP) is 6.33. The van der Waals surface area contributed by atoms with Crippen molar-refractivity contribution in [3.8, 4) is 0 Å². The summed E-state index contributed by atoms with van der Waals surface area (Å²) in [6, 6.07) is 16.4. The predicted molar refractivity (Wildman–Crippen MR) is 135 cm³/mol. The number of hydrogen-bond donors (Lipinski definition) is 0. The molecule has 1 aliphatic heterocycles. The largest absolute Gasteiger partial charge is 0.330 e. The summed E-state index contributed by atoms with van der Waals surface area (Å²) in [7, 11) is 0. The fourth-order valence-corrected chi connectivity index (χ4v) is 5.43. The van der Waals surface area contributed by atoms with Crippen LogP contribution in [0.2, 0.25) is 10.0 Å². The molecule has 0 fully saturated rings.